The zero-order chi connectivity index (χ0) is 9.14. The van der Waals surface area contributed by atoms with Gasteiger partial charge in [-0.15, -0.1) is 0 Å². The van der Waals surface area contributed by atoms with Gasteiger partial charge < -0.3 is 0 Å². The second kappa shape index (κ2) is 3.34. The van der Waals surface area contributed by atoms with E-state index in [9.17, 15) is 10.1 Å². The predicted octanol–water partition coefficient (Wildman–Crippen LogP) is 2.28. The Bertz CT molecular complexity index is 307. The van der Waals surface area contributed by atoms with Crippen LogP contribution in [0.5, 0.6) is 0 Å². The fourth-order valence-electron chi connectivity index (χ4n) is 1.01. The monoisotopic (exact) mass is 164 g/mol. The van der Waals surface area contributed by atoms with Crippen LogP contribution >= 0.6 is 0 Å². The van der Waals surface area contributed by atoms with E-state index >= 15 is 0 Å². The minimum atomic E-state index is -0.367. The molecule has 12 heavy (non-hydrogen) atoms. The van der Waals surface area contributed by atoms with Crippen molar-refractivity contribution in [2.24, 2.45) is 0 Å². The van der Waals surface area contributed by atoms with Gasteiger partial charge in [0.15, 0.2) is 0 Å². The Hall–Kier alpha value is -1.38. The van der Waals surface area contributed by atoms with Gasteiger partial charge in [0.25, 0.3) is 5.69 Å². The van der Waals surface area contributed by atoms with Crippen LogP contribution in [0.3, 0.4) is 0 Å². The van der Waals surface area contributed by atoms with Crippen LogP contribution in [0.15, 0.2) is 18.2 Å². The van der Waals surface area contributed by atoms with Crippen molar-refractivity contribution >= 4 is 5.69 Å². The molecular weight excluding hydrogens is 154 g/mol. The summed E-state index contributed by atoms with van der Waals surface area (Å²) in [6.45, 7) is 5.39. The van der Waals surface area contributed by atoms with Crippen LogP contribution in [0, 0.1) is 24.0 Å². The van der Waals surface area contributed by atoms with Crippen molar-refractivity contribution in [3.05, 3.63) is 46.4 Å². The van der Waals surface area contributed by atoms with Crippen LogP contribution in [0.4, 0.5) is 5.69 Å². The molecule has 0 aliphatic carbocycles. The van der Waals surface area contributed by atoms with Crippen LogP contribution in [-0.4, -0.2) is 4.92 Å². The number of hydrogen-bond acceptors (Lipinski definition) is 2. The average Bonchev–Trinajstić information content (AvgIpc) is 2.05. The Morgan fingerprint density at radius 2 is 2.25 bits per heavy atom. The molecule has 0 unspecified atom stereocenters. The number of nitro benzene ring substituents is 1. The fraction of sp³-hybridized carbons (Fsp3) is 0.222. The summed E-state index contributed by atoms with van der Waals surface area (Å²) >= 11 is 0. The molecule has 0 N–H and O–H groups in total. The molecule has 0 heterocycles. The number of rotatable bonds is 2. The quantitative estimate of drug-likeness (QED) is 0.497. The first-order chi connectivity index (χ1) is 5.65. The van der Waals surface area contributed by atoms with Crippen LogP contribution in [0.2, 0.25) is 0 Å². The van der Waals surface area contributed by atoms with Gasteiger partial charge in [0, 0.05) is 11.6 Å². The number of nitro groups is 1. The largest absolute Gasteiger partial charge is 0.272 e. The van der Waals surface area contributed by atoms with Crippen molar-refractivity contribution in [3.8, 4) is 0 Å². The maximum atomic E-state index is 10.5. The molecule has 0 aliphatic rings. The summed E-state index contributed by atoms with van der Waals surface area (Å²) in [7, 11) is 0. The molecule has 0 aromatic heterocycles. The molecule has 0 bridgehead atoms. The highest BCUT2D eigenvalue weighted by Gasteiger charge is 2.09. The van der Waals surface area contributed by atoms with E-state index < -0.39 is 0 Å². The van der Waals surface area contributed by atoms with Crippen LogP contribution in [0.1, 0.15) is 11.1 Å². The van der Waals surface area contributed by atoms with E-state index in [1.165, 1.54) is 0 Å². The average molecular weight is 164 g/mol. The Morgan fingerprint density at radius 3 is 2.75 bits per heavy atom. The molecule has 1 radical (unpaired) electrons. The smallest absolute Gasteiger partial charge is 0.258 e. The lowest BCUT2D eigenvalue weighted by molar-refractivity contribution is -0.385. The summed E-state index contributed by atoms with van der Waals surface area (Å²) in [5.41, 5.74) is 1.76. The first kappa shape index (κ1) is 8.71. The molecule has 0 aliphatic heterocycles. The first-order valence-electron chi connectivity index (χ1n) is 3.68. The van der Waals surface area contributed by atoms with E-state index in [1.807, 2.05) is 6.07 Å². The van der Waals surface area contributed by atoms with Gasteiger partial charge in [0.1, 0.15) is 0 Å². The van der Waals surface area contributed by atoms with E-state index in [-0.39, 0.29) is 10.6 Å². The molecule has 0 saturated carbocycles. The van der Waals surface area contributed by atoms with E-state index in [4.69, 9.17) is 0 Å². The Labute approximate surface area is 71.2 Å². The molecule has 0 saturated heterocycles. The van der Waals surface area contributed by atoms with Gasteiger partial charge in [-0.2, -0.15) is 0 Å². The topological polar surface area (TPSA) is 43.1 Å². The Morgan fingerprint density at radius 1 is 1.58 bits per heavy atom. The van der Waals surface area contributed by atoms with Crippen molar-refractivity contribution < 1.29 is 4.92 Å². The van der Waals surface area contributed by atoms with Gasteiger partial charge in [0.05, 0.1) is 4.92 Å². The minimum absolute atomic E-state index is 0.177. The summed E-state index contributed by atoms with van der Waals surface area (Å²) in [6.07, 6.45) is 0.584. The standard InChI is InChI=1S/C9H10NO2/c1-3-8-5-4-7(2)9(6-8)10(11)12/h4-6H,1,3H2,2H3. The van der Waals surface area contributed by atoms with E-state index in [1.54, 1.807) is 19.1 Å². The number of aryl methyl sites for hydroxylation is 1. The number of nitrogens with zero attached hydrogens (tertiary/aromatic N) is 1. The fourth-order valence-corrected chi connectivity index (χ4v) is 1.01. The zero-order valence-electron chi connectivity index (χ0n) is 6.91. The van der Waals surface area contributed by atoms with Gasteiger partial charge in [-0.1, -0.05) is 12.1 Å². The molecule has 3 heteroatoms. The molecule has 0 spiro atoms. The summed E-state index contributed by atoms with van der Waals surface area (Å²) < 4.78 is 0. The summed E-state index contributed by atoms with van der Waals surface area (Å²) in [6, 6.07) is 5.18. The highest BCUT2D eigenvalue weighted by Crippen LogP contribution is 2.19. The molecule has 1 aromatic carbocycles. The maximum absolute atomic E-state index is 10.5. The first-order valence-corrected chi connectivity index (χ1v) is 3.68. The van der Waals surface area contributed by atoms with Gasteiger partial charge in [-0.25, -0.2) is 0 Å². The minimum Gasteiger partial charge on any atom is -0.258 e. The molecule has 0 atom stereocenters. The molecule has 1 aromatic rings. The van der Waals surface area contributed by atoms with Gasteiger partial charge in [-0.05, 0) is 25.8 Å². The highest BCUT2D eigenvalue weighted by molar-refractivity contribution is 5.42. The van der Waals surface area contributed by atoms with Gasteiger partial charge >= 0.3 is 0 Å². The SMILES string of the molecule is [CH2]Cc1ccc(C)c([N+](=O)[O-])c1. The summed E-state index contributed by atoms with van der Waals surface area (Å²) in [5, 5.41) is 10.5. The van der Waals surface area contributed by atoms with Crippen molar-refractivity contribution in [2.75, 3.05) is 0 Å². The van der Waals surface area contributed by atoms with Gasteiger partial charge in [-0.3, -0.25) is 10.1 Å². The lowest BCUT2D eigenvalue weighted by atomic mass is 10.1. The Kier molecular flexibility index (Phi) is 2.43. The Balaban J connectivity index is 3.17. The third-order valence-corrected chi connectivity index (χ3v) is 1.76. The molecule has 0 fully saturated rings. The summed E-state index contributed by atoms with van der Waals surface area (Å²) in [4.78, 5) is 10.1. The summed E-state index contributed by atoms with van der Waals surface area (Å²) in [5.74, 6) is 0. The molecule has 63 valence electrons. The lowest BCUT2D eigenvalue weighted by Crippen LogP contribution is -1.92. The van der Waals surface area contributed by atoms with Gasteiger partial charge in [0.2, 0.25) is 0 Å². The van der Waals surface area contributed by atoms with Crippen molar-refractivity contribution in [3.63, 3.8) is 0 Å². The lowest BCUT2D eigenvalue weighted by Gasteiger charge is -1.99. The number of hydrogen-bond donors (Lipinski definition) is 0. The highest BCUT2D eigenvalue weighted by atomic mass is 16.6. The normalized spacial score (nSPS) is 9.83. The third-order valence-electron chi connectivity index (χ3n) is 1.76. The van der Waals surface area contributed by atoms with Crippen LogP contribution < -0.4 is 0 Å². The van der Waals surface area contributed by atoms with Crippen LogP contribution in [0.25, 0.3) is 0 Å². The predicted molar refractivity (Wildman–Crippen MR) is 46.9 cm³/mol. The van der Waals surface area contributed by atoms with E-state index in [0.29, 0.717) is 12.0 Å². The van der Waals surface area contributed by atoms with Crippen molar-refractivity contribution in [1.29, 1.82) is 0 Å². The number of benzene rings is 1. The molecule has 0 amide bonds. The van der Waals surface area contributed by atoms with E-state index in [2.05, 4.69) is 6.92 Å². The zero-order valence-corrected chi connectivity index (χ0v) is 6.91. The van der Waals surface area contributed by atoms with Crippen LogP contribution in [-0.2, 0) is 6.42 Å². The maximum Gasteiger partial charge on any atom is 0.272 e. The van der Waals surface area contributed by atoms with Crippen molar-refractivity contribution in [2.45, 2.75) is 13.3 Å². The second-order valence-electron chi connectivity index (χ2n) is 2.63. The van der Waals surface area contributed by atoms with Crippen molar-refractivity contribution in [1.82, 2.24) is 0 Å². The third kappa shape index (κ3) is 1.61. The molecule has 3 nitrogen and oxygen atoms in total. The molecule has 1 rings (SSSR count). The second-order valence-corrected chi connectivity index (χ2v) is 2.63. The van der Waals surface area contributed by atoms with E-state index in [0.717, 1.165) is 5.56 Å². The molecular formula is C9H10NO2.